The smallest absolute Gasteiger partial charge is 0.253 e. The highest BCUT2D eigenvalue weighted by Gasteiger charge is 2.28. The number of hydrogen-bond donors (Lipinski definition) is 1. The van der Waals surface area contributed by atoms with Crippen molar-refractivity contribution in [3.05, 3.63) is 77.5 Å². The van der Waals surface area contributed by atoms with Crippen LogP contribution in [-0.2, 0) is 6.42 Å². The molecule has 3 aromatic rings. The molecule has 0 saturated carbocycles. The number of aryl methyl sites for hydroxylation is 1. The summed E-state index contributed by atoms with van der Waals surface area (Å²) in [6.07, 6.45) is 3.39. The van der Waals surface area contributed by atoms with Gasteiger partial charge in [-0.05, 0) is 55.9 Å². The maximum atomic E-state index is 13.0. The minimum absolute atomic E-state index is 0.0657. The van der Waals surface area contributed by atoms with Crippen LogP contribution in [0.4, 0.5) is 0 Å². The molecule has 1 N–H and O–H groups in total. The maximum Gasteiger partial charge on any atom is 0.253 e. The number of pyridine rings is 1. The topological polar surface area (TPSA) is 42.0 Å². The lowest BCUT2D eigenvalue weighted by atomic mass is 9.84. The molecule has 0 aliphatic heterocycles. The second-order valence-electron chi connectivity index (χ2n) is 8.20. The molecule has 0 saturated heterocycles. The van der Waals surface area contributed by atoms with Crippen molar-refractivity contribution in [2.45, 2.75) is 46.1 Å². The highest BCUT2D eigenvalue weighted by molar-refractivity contribution is 5.97. The van der Waals surface area contributed by atoms with Crippen molar-refractivity contribution in [2.24, 2.45) is 5.92 Å². The minimum atomic E-state index is -0.311. The van der Waals surface area contributed by atoms with E-state index in [1.807, 2.05) is 49.4 Å². The van der Waals surface area contributed by atoms with Crippen molar-refractivity contribution in [3.8, 4) is 0 Å². The Morgan fingerprint density at radius 2 is 1.85 bits per heavy atom. The van der Waals surface area contributed by atoms with Crippen LogP contribution in [0.3, 0.4) is 0 Å². The molecule has 1 unspecified atom stereocenters. The van der Waals surface area contributed by atoms with E-state index in [9.17, 15) is 4.79 Å². The van der Waals surface area contributed by atoms with E-state index < -0.39 is 0 Å². The Kier molecular flexibility index (Phi) is 5.59. The number of rotatable bonds is 6. The summed E-state index contributed by atoms with van der Waals surface area (Å²) in [5, 5.41) is 4.27. The van der Waals surface area contributed by atoms with E-state index in [-0.39, 0.29) is 11.4 Å². The van der Waals surface area contributed by atoms with Gasteiger partial charge >= 0.3 is 0 Å². The third-order valence-corrected chi connectivity index (χ3v) is 4.81. The molecule has 2 aromatic carbocycles. The monoisotopic (exact) mass is 360 g/mol. The molecule has 27 heavy (non-hydrogen) atoms. The largest absolute Gasteiger partial charge is 0.346 e. The lowest BCUT2D eigenvalue weighted by molar-refractivity contribution is 0.0894. The molecule has 0 bridgehead atoms. The zero-order valence-corrected chi connectivity index (χ0v) is 16.6. The summed E-state index contributed by atoms with van der Waals surface area (Å²) in [4.78, 5) is 17.5. The molecular weight excluding hydrogens is 332 g/mol. The summed E-state index contributed by atoms with van der Waals surface area (Å²) < 4.78 is 0. The van der Waals surface area contributed by atoms with Crippen LogP contribution in [0.2, 0.25) is 0 Å². The Balaban J connectivity index is 1.84. The molecule has 0 radical (unpaired) electrons. The van der Waals surface area contributed by atoms with E-state index in [4.69, 9.17) is 0 Å². The number of nitrogens with one attached hydrogen (secondary N) is 1. The standard InChI is InChI=1S/C24H28N2O/c1-17(2)14-24(4,15-19-8-6-5-7-9-19)26-23(27)21-13-20-11-10-18(3)12-22(20)25-16-21/h5-13,16-17H,14-15H2,1-4H3,(H,26,27). The molecule has 140 valence electrons. The molecule has 1 atom stereocenters. The van der Waals surface area contributed by atoms with Gasteiger partial charge in [-0.1, -0.05) is 56.3 Å². The van der Waals surface area contributed by atoms with Crippen molar-refractivity contribution in [2.75, 3.05) is 0 Å². The first-order chi connectivity index (χ1) is 12.8. The molecule has 1 heterocycles. The van der Waals surface area contributed by atoms with Gasteiger partial charge in [0.15, 0.2) is 0 Å². The summed E-state index contributed by atoms with van der Waals surface area (Å²) in [6.45, 7) is 8.56. The van der Waals surface area contributed by atoms with Gasteiger partial charge in [0.1, 0.15) is 0 Å². The second-order valence-corrected chi connectivity index (χ2v) is 8.20. The van der Waals surface area contributed by atoms with Gasteiger partial charge in [-0.3, -0.25) is 9.78 Å². The van der Waals surface area contributed by atoms with Crippen LogP contribution in [0.25, 0.3) is 10.9 Å². The first-order valence-corrected chi connectivity index (χ1v) is 9.57. The quantitative estimate of drug-likeness (QED) is 0.646. The van der Waals surface area contributed by atoms with Gasteiger partial charge in [-0.25, -0.2) is 0 Å². The zero-order chi connectivity index (χ0) is 19.4. The fourth-order valence-electron chi connectivity index (χ4n) is 3.82. The van der Waals surface area contributed by atoms with Crippen molar-refractivity contribution in [3.63, 3.8) is 0 Å². The predicted octanol–water partition coefficient (Wildman–Crippen LogP) is 5.32. The van der Waals surface area contributed by atoms with E-state index in [0.717, 1.165) is 23.7 Å². The summed E-state index contributed by atoms with van der Waals surface area (Å²) >= 11 is 0. The molecule has 3 rings (SSSR count). The van der Waals surface area contributed by atoms with Crippen molar-refractivity contribution in [1.82, 2.24) is 10.3 Å². The number of benzene rings is 2. The third kappa shape index (κ3) is 4.94. The van der Waals surface area contributed by atoms with Gasteiger partial charge in [-0.2, -0.15) is 0 Å². The molecule has 0 aliphatic rings. The molecular formula is C24H28N2O. The SMILES string of the molecule is Cc1ccc2cc(C(=O)NC(C)(Cc3ccccc3)CC(C)C)cnc2c1. The van der Waals surface area contributed by atoms with Gasteiger partial charge < -0.3 is 5.32 Å². The zero-order valence-electron chi connectivity index (χ0n) is 16.6. The summed E-state index contributed by atoms with van der Waals surface area (Å²) in [7, 11) is 0. The fourth-order valence-corrected chi connectivity index (χ4v) is 3.82. The number of hydrogen-bond acceptors (Lipinski definition) is 2. The number of carbonyl (C=O) groups excluding carboxylic acids is 1. The Morgan fingerprint density at radius 1 is 1.11 bits per heavy atom. The second kappa shape index (κ2) is 7.91. The number of carbonyl (C=O) groups is 1. The molecule has 0 aliphatic carbocycles. The Morgan fingerprint density at radius 3 is 2.56 bits per heavy atom. The van der Waals surface area contributed by atoms with Gasteiger partial charge in [0, 0.05) is 17.1 Å². The first kappa shape index (κ1) is 19.1. The first-order valence-electron chi connectivity index (χ1n) is 9.57. The van der Waals surface area contributed by atoms with Gasteiger partial charge in [0.2, 0.25) is 0 Å². The number of amides is 1. The Hall–Kier alpha value is -2.68. The lowest BCUT2D eigenvalue weighted by Gasteiger charge is -2.33. The Bertz CT molecular complexity index is 934. The van der Waals surface area contributed by atoms with Gasteiger partial charge in [0.05, 0.1) is 11.1 Å². The molecule has 1 aromatic heterocycles. The van der Waals surface area contributed by atoms with Crippen molar-refractivity contribution >= 4 is 16.8 Å². The molecule has 1 amide bonds. The van der Waals surface area contributed by atoms with Crippen LogP contribution >= 0.6 is 0 Å². The predicted molar refractivity (Wildman–Crippen MR) is 112 cm³/mol. The fraction of sp³-hybridized carbons (Fsp3) is 0.333. The molecule has 0 fully saturated rings. The number of nitrogens with zero attached hydrogens (tertiary/aromatic N) is 1. The summed E-state index contributed by atoms with van der Waals surface area (Å²) in [5.41, 5.74) is 3.61. The van der Waals surface area contributed by atoms with E-state index in [1.165, 1.54) is 11.1 Å². The third-order valence-electron chi connectivity index (χ3n) is 4.81. The molecule has 3 heteroatoms. The van der Waals surface area contributed by atoms with Crippen molar-refractivity contribution in [1.29, 1.82) is 0 Å². The van der Waals surface area contributed by atoms with Crippen LogP contribution in [0.15, 0.2) is 60.8 Å². The van der Waals surface area contributed by atoms with E-state index in [2.05, 4.69) is 43.2 Å². The van der Waals surface area contributed by atoms with Crippen LogP contribution in [0.1, 0.15) is 48.7 Å². The molecule has 3 nitrogen and oxygen atoms in total. The van der Waals surface area contributed by atoms with Crippen molar-refractivity contribution < 1.29 is 4.79 Å². The number of aromatic nitrogens is 1. The minimum Gasteiger partial charge on any atom is -0.346 e. The highest BCUT2D eigenvalue weighted by Crippen LogP contribution is 2.23. The highest BCUT2D eigenvalue weighted by atomic mass is 16.1. The summed E-state index contributed by atoms with van der Waals surface area (Å²) in [5.74, 6) is 0.417. The van der Waals surface area contributed by atoms with E-state index in [0.29, 0.717) is 11.5 Å². The van der Waals surface area contributed by atoms with Crippen LogP contribution in [0.5, 0.6) is 0 Å². The number of fused-ring (bicyclic) bond motifs is 1. The average Bonchev–Trinajstić information content (AvgIpc) is 2.61. The molecule has 0 spiro atoms. The Labute approximate surface area is 161 Å². The van der Waals surface area contributed by atoms with Crippen LogP contribution in [0, 0.1) is 12.8 Å². The van der Waals surface area contributed by atoms with Crippen LogP contribution in [-0.4, -0.2) is 16.4 Å². The van der Waals surface area contributed by atoms with Gasteiger partial charge in [0.25, 0.3) is 5.91 Å². The van der Waals surface area contributed by atoms with Crippen LogP contribution < -0.4 is 5.32 Å². The van der Waals surface area contributed by atoms with E-state index >= 15 is 0 Å². The summed E-state index contributed by atoms with van der Waals surface area (Å²) in [6, 6.07) is 18.4. The van der Waals surface area contributed by atoms with Gasteiger partial charge in [-0.15, -0.1) is 0 Å². The average molecular weight is 361 g/mol. The normalized spacial score (nSPS) is 13.5. The lowest BCUT2D eigenvalue weighted by Crippen LogP contribution is -2.48. The maximum absolute atomic E-state index is 13.0. The van der Waals surface area contributed by atoms with E-state index in [1.54, 1.807) is 6.20 Å².